The van der Waals surface area contributed by atoms with Crippen molar-refractivity contribution in [3.63, 3.8) is 0 Å². The lowest BCUT2D eigenvalue weighted by Crippen LogP contribution is -2.31. The number of thiophene rings is 1. The van der Waals surface area contributed by atoms with Crippen molar-refractivity contribution in [2.75, 3.05) is 6.54 Å². The van der Waals surface area contributed by atoms with Gasteiger partial charge in [0, 0.05) is 16.8 Å². The molecule has 0 bridgehead atoms. The van der Waals surface area contributed by atoms with Gasteiger partial charge in [-0.2, -0.15) is 0 Å². The van der Waals surface area contributed by atoms with Crippen LogP contribution in [0.25, 0.3) is 0 Å². The monoisotopic (exact) mass is 280 g/mol. The summed E-state index contributed by atoms with van der Waals surface area (Å²) in [5.74, 6) is 0.364. The Balaban J connectivity index is 1.87. The molecule has 5 nitrogen and oxygen atoms in total. The zero-order chi connectivity index (χ0) is 13.9. The molecule has 2 aromatic heterocycles. The lowest BCUT2D eigenvalue weighted by molar-refractivity contribution is -0.402. The van der Waals surface area contributed by atoms with E-state index >= 15 is 0 Å². The molecule has 0 radical (unpaired) electrons. The maximum absolute atomic E-state index is 10.5. The minimum Gasteiger partial charge on any atom is -0.404 e. The van der Waals surface area contributed by atoms with Crippen molar-refractivity contribution >= 4 is 17.2 Å². The first-order chi connectivity index (χ1) is 8.99. The Bertz CT molecular complexity index is 546. The third kappa shape index (κ3) is 3.42. The van der Waals surface area contributed by atoms with Gasteiger partial charge in [-0.15, -0.1) is 11.3 Å². The molecule has 0 aromatic carbocycles. The van der Waals surface area contributed by atoms with Gasteiger partial charge < -0.3 is 9.73 Å². The topological polar surface area (TPSA) is 68.3 Å². The van der Waals surface area contributed by atoms with E-state index in [0.29, 0.717) is 12.3 Å². The van der Waals surface area contributed by atoms with Gasteiger partial charge in [0.05, 0.1) is 12.6 Å². The minimum atomic E-state index is -0.529. The van der Waals surface area contributed by atoms with Crippen molar-refractivity contribution < 1.29 is 9.34 Å². The van der Waals surface area contributed by atoms with Crippen molar-refractivity contribution in [2.24, 2.45) is 0 Å². The maximum Gasteiger partial charge on any atom is 0.433 e. The summed E-state index contributed by atoms with van der Waals surface area (Å²) in [6, 6.07) is 7.16. The fourth-order valence-electron chi connectivity index (χ4n) is 1.81. The summed E-state index contributed by atoms with van der Waals surface area (Å²) in [7, 11) is 0. The highest BCUT2D eigenvalue weighted by Gasteiger charge is 2.21. The average Bonchev–Trinajstić information content (AvgIpc) is 3.00. The largest absolute Gasteiger partial charge is 0.433 e. The fourth-order valence-corrected chi connectivity index (χ4v) is 2.66. The number of hydrogen-bond donors (Lipinski definition) is 1. The van der Waals surface area contributed by atoms with E-state index in [1.165, 1.54) is 10.9 Å². The van der Waals surface area contributed by atoms with E-state index in [-0.39, 0.29) is 11.3 Å². The zero-order valence-corrected chi connectivity index (χ0v) is 11.7. The molecule has 2 aromatic rings. The van der Waals surface area contributed by atoms with Gasteiger partial charge in [-0.25, -0.2) is 0 Å². The molecule has 0 fully saturated rings. The van der Waals surface area contributed by atoms with Crippen LogP contribution in [0.3, 0.4) is 0 Å². The first-order valence-corrected chi connectivity index (χ1v) is 6.85. The van der Waals surface area contributed by atoms with Gasteiger partial charge >= 0.3 is 5.88 Å². The number of furan rings is 1. The Morgan fingerprint density at radius 2 is 2.21 bits per heavy atom. The molecular weight excluding hydrogens is 264 g/mol. The van der Waals surface area contributed by atoms with Crippen LogP contribution in [0.15, 0.2) is 34.1 Å². The van der Waals surface area contributed by atoms with Crippen molar-refractivity contribution in [2.45, 2.75) is 25.8 Å². The van der Waals surface area contributed by atoms with E-state index in [1.807, 2.05) is 6.07 Å². The van der Waals surface area contributed by atoms with Crippen LogP contribution < -0.4 is 5.32 Å². The zero-order valence-electron chi connectivity index (χ0n) is 10.9. The predicted octanol–water partition coefficient (Wildman–Crippen LogP) is 3.32. The molecule has 0 aliphatic rings. The Labute approximate surface area is 115 Å². The predicted molar refractivity (Wildman–Crippen MR) is 74.4 cm³/mol. The molecule has 1 N–H and O–H groups in total. The van der Waals surface area contributed by atoms with Gasteiger partial charge in [-0.3, -0.25) is 10.1 Å². The summed E-state index contributed by atoms with van der Waals surface area (Å²) in [5, 5.41) is 15.8. The summed E-state index contributed by atoms with van der Waals surface area (Å²) in [5.41, 5.74) is 0.0344. The molecule has 2 heterocycles. The molecule has 102 valence electrons. The van der Waals surface area contributed by atoms with Crippen molar-refractivity contribution in [3.05, 3.63) is 50.4 Å². The third-order valence-corrected chi connectivity index (χ3v) is 4.12. The first-order valence-electron chi connectivity index (χ1n) is 5.97. The quantitative estimate of drug-likeness (QED) is 0.651. The molecule has 0 saturated carbocycles. The van der Waals surface area contributed by atoms with Crippen LogP contribution in [0.1, 0.15) is 24.5 Å². The minimum absolute atomic E-state index is 0.0344. The average molecular weight is 280 g/mol. The van der Waals surface area contributed by atoms with Crippen LogP contribution in [0.2, 0.25) is 0 Å². The lowest BCUT2D eigenvalue weighted by atomic mass is 9.91. The van der Waals surface area contributed by atoms with Crippen LogP contribution >= 0.6 is 11.3 Å². The Morgan fingerprint density at radius 1 is 1.42 bits per heavy atom. The highest BCUT2D eigenvalue weighted by Crippen LogP contribution is 2.26. The molecule has 0 aliphatic carbocycles. The van der Waals surface area contributed by atoms with Crippen LogP contribution in [-0.2, 0) is 12.0 Å². The number of hydrogen-bond acceptors (Lipinski definition) is 5. The molecule has 6 heteroatoms. The van der Waals surface area contributed by atoms with Crippen molar-refractivity contribution in [1.29, 1.82) is 0 Å². The summed E-state index contributed by atoms with van der Waals surface area (Å²) in [6.45, 7) is 5.59. The highest BCUT2D eigenvalue weighted by molar-refractivity contribution is 7.10. The van der Waals surface area contributed by atoms with Crippen molar-refractivity contribution in [1.82, 2.24) is 5.32 Å². The summed E-state index contributed by atoms with van der Waals surface area (Å²) in [4.78, 5) is 11.3. The van der Waals surface area contributed by atoms with Gasteiger partial charge in [0.2, 0.25) is 0 Å². The standard InChI is InChI=1S/C13H16N2O3S/c1-13(2,11-4-3-7-19-11)9-14-8-10-5-6-12(18-10)15(16)17/h3-7,14H,8-9H2,1-2H3. The van der Waals surface area contributed by atoms with E-state index in [1.54, 1.807) is 17.4 Å². The number of nitrogens with zero attached hydrogens (tertiary/aromatic N) is 1. The molecule has 0 saturated heterocycles. The summed E-state index contributed by atoms with van der Waals surface area (Å²) < 4.78 is 5.09. The highest BCUT2D eigenvalue weighted by atomic mass is 32.1. The van der Waals surface area contributed by atoms with Crippen LogP contribution in [0, 0.1) is 10.1 Å². The van der Waals surface area contributed by atoms with E-state index in [9.17, 15) is 10.1 Å². The number of rotatable bonds is 6. The van der Waals surface area contributed by atoms with Crippen LogP contribution in [0.5, 0.6) is 0 Å². The van der Waals surface area contributed by atoms with Crippen LogP contribution in [-0.4, -0.2) is 11.5 Å². The molecule has 0 unspecified atom stereocenters. The first kappa shape index (κ1) is 13.8. The maximum atomic E-state index is 10.5. The van der Waals surface area contributed by atoms with E-state index in [4.69, 9.17) is 4.42 Å². The number of nitro groups is 1. The Kier molecular flexibility index (Phi) is 4.01. The van der Waals surface area contributed by atoms with Gasteiger partial charge in [0.1, 0.15) is 10.7 Å². The fraction of sp³-hybridized carbons (Fsp3) is 0.385. The Hall–Kier alpha value is -1.66. The normalized spacial score (nSPS) is 11.7. The van der Waals surface area contributed by atoms with E-state index < -0.39 is 4.92 Å². The third-order valence-electron chi connectivity index (χ3n) is 2.88. The van der Waals surface area contributed by atoms with Gasteiger partial charge in [-0.1, -0.05) is 19.9 Å². The molecule has 19 heavy (non-hydrogen) atoms. The molecule has 2 rings (SSSR count). The smallest absolute Gasteiger partial charge is 0.404 e. The summed E-state index contributed by atoms with van der Waals surface area (Å²) >= 11 is 1.73. The lowest BCUT2D eigenvalue weighted by Gasteiger charge is -2.23. The molecule has 0 atom stereocenters. The molecule has 0 spiro atoms. The number of nitrogens with one attached hydrogen (secondary N) is 1. The van der Waals surface area contributed by atoms with Gasteiger partial charge in [0.15, 0.2) is 0 Å². The Morgan fingerprint density at radius 3 is 2.79 bits per heavy atom. The van der Waals surface area contributed by atoms with Gasteiger partial charge in [0.25, 0.3) is 0 Å². The molecule has 0 amide bonds. The second-order valence-corrected chi connectivity index (χ2v) is 5.91. The van der Waals surface area contributed by atoms with Crippen molar-refractivity contribution in [3.8, 4) is 0 Å². The SMILES string of the molecule is CC(C)(CNCc1ccc([N+](=O)[O-])o1)c1cccs1. The van der Waals surface area contributed by atoms with E-state index in [2.05, 4.69) is 30.6 Å². The second-order valence-electron chi connectivity index (χ2n) is 4.96. The van der Waals surface area contributed by atoms with Gasteiger partial charge in [-0.05, 0) is 17.5 Å². The molecular formula is C13H16N2O3S. The second kappa shape index (κ2) is 5.54. The van der Waals surface area contributed by atoms with E-state index in [0.717, 1.165) is 6.54 Å². The van der Waals surface area contributed by atoms with Crippen LogP contribution in [0.4, 0.5) is 5.88 Å². The summed E-state index contributed by atoms with van der Waals surface area (Å²) in [6.07, 6.45) is 0. The molecule has 0 aliphatic heterocycles.